The van der Waals surface area contributed by atoms with Crippen molar-refractivity contribution in [1.29, 1.82) is 0 Å². The van der Waals surface area contributed by atoms with E-state index in [2.05, 4.69) is 15.4 Å². The average molecular weight is 625 g/mol. The van der Waals surface area contributed by atoms with Gasteiger partial charge in [-0.15, -0.1) is 0 Å². The van der Waals surface area contributed by atoms with Crippen LogP contribution in [-0.4, -0.2) is 76.3 Å². The zero-order chi connectivity index (χ0) is 31.1. The molecular weight excluding hydrogens is 598 g/mol. The number of rotatable bonds is 6. The zero-order valence-corrected chi connectivity index (χ0v) is 23.8. The van der Waals surface area contributed by atoms with Crippen LogP contribution in [0.15, 0.2) is 52.5 Å². The molecule has 2 aliphatic heterocycles. The molecule has 0 radical (unpaired) electrons. The van der Waals surface area contributed by atoms with Gasteiger partial charge in [0.2, 0.25) is 5.91 Å². The molecule has 8 nitrogen and oxygen atoms in total. The largest absolute Gasteiger partial charge is 0.416 e. The van der Waals surface area contributed by atoms with Crippen LogP contribution in [0.5, 0.6) is 0 Å². The maximum absolute atomic E-state index is 13.6. The summed E-state index contributed by atoms with van der Waals surface area (Å²) >= 11 is 0.973. The summed E-state index contributed by atoms with van der Waals surface area (Å²) in [6, 6.07) is 6.63. The maximum atomic E-state index is 13.6. The molecule has 0 unspecified atom stereocenters. The van der Waals surface area contributed by atoms with E-state index in [1.165, 1.54) is 10.9 Å². The summed E-state index contributed by atoms with van der Waals surface area (Å²) in [5.41, 5.74) is -1.93. The number of amidine groups is 1. The zero-order valence-electron chi connectivity index (χ0n) is 23.0. The van der Waals surface area contributed by atoms with Crippen molar-refractivity contribution in [1.82, 2.24) is 24.9 Å². The number of likely N-dealkylation sites (N-methyl/N-ethyl adjacent to an activating group) is 1. The summed E-state index contributed by atoms with van der Waals surface area (Å²) in [4.78, 5) is 32.9. The third-order valence-corrected chi connectivity index (χ3v) is 7.66. The average Bonchev–Trinajstić information content (AvgIpc) is 3.60. The highest BCUT2D eigenvalue weighted by atomic mass is 32.2. The van der Waals surface area contributed by atoms with E-state index in [4.69, 9.17) is 0 Å². The van der Waals surface area contributed by atoms with Crippen molar-refractivity contribution in [2.24, 2.45) is 4.99 Å². The number of alkyl halides is 6. The number of fused-ring (bicyclic) bond motifs is 1. The molecule has 43 heavy (non-hydrogen) atoms. The first kappa shape index (κ1) is 30.6. The molecule has 15 heteroatoms. The molecule has 3 heterocycles. The minimum atomic E-state index is -4.98. The van der Waals surface area contributed by atoms with Crippen LogP contribution >= 0.6 is 11.8 Å². The number of likely N-dealkylation sites (tertiary alicyclic amines) is 1. The van der Waals surface area contributed by atoms with E-state index >= 15 is 0 Å². The normalized spacial score (nSPS) is 18.8. The lowest BCUT2D eigenvalue weighted by atomic mass is 10.0. The van der Waals surface area contributed by atoms with E-state index in [-0.39, 0.29) is 41.9 Å². The van der Waals surface area contributed by atoms with E-state index in [0.29, 0.717) is 52.8 Å². The molecule has 0 spiro atoms. The van der Waals surface area contributed by atoms with Gasteiger partial charge in [-0.25, -0.2) is 0 Å². The molecule has 3 aromatic rings. The van der Waals surface area contributed by atoms with Gasteiger partial charge in [-0.05, 0) is 73.7 Å². The highest BCUT2D eigenvalue weighted by Gasteiger charge is 2.38. The lowest BCUT2D eigenvalue weighted by molar-refractivity contribution is -0.143. The summed E-state index contributed by atoms with van der Waals surface area (Å²) in [6.07, 6.45) is -5.90. The van der Waals surface area contributed by atoms with Crippen molar-refractivity contribution in [3.05, 3.63) is 69.8 Å². The predicted octanol–water partition coefficient (Wildman–Crippen LogP) is 5.48. The van der Waals surface area contributed by atoms with Crippen molar-refractivity contribution < 1.29 is 35.9 Å². The van der Waals surface area contributed by atoms with Crippen LogP contribution in [0.25, 0.3) is 17.0 Å². The highest BCUT2D eigenvalue weighted by Crippen LogP contribution is 2.38. The molecule has 0 bridgehead atoms. The summed E-state index contributed by atoms with van der Waals surface area (Å²) < 4.78 is 81.2. The van der Waals surface area contributed by atoms with Crippen LogP contribution in [0.2, 0.25) is 0 Å². The van der Waals surface area contributed by atoms with Gasteiger partial charge in [-0.1, -0.05) is 12.1 Å². The molecule has 1 atom stereocenters. The van der Waals surface area contributed by atoms with Crippen molar-refractivity contribution in [3.8, 4) is 0 Å². The number of carbonyl (C=O) groups is 2. The molecule has 228 valence electrons. The molecule has 0 aliphatic carbocycles. The number of aromatic nitrogens is 2. The van der Waals surface area contributed by atoms with Crippen LogP contribution < -0.4 is 5.32 Å². The Labute approximate surface area is 246 Å². The number of thioether (sulfide) groups is 1. The minimum Gasteiger partial charge on any atom is -0.353 e. The van der Waals surface area contributed by atoms with E-state index < -0.39 is 23.5 Å². The SMILES string of the molecule is CN(C)CC(=O)N[C@@H]1CCN(C2=NC(=O)S/C2=C\c2ccc3nn(Cc4ccc(C(F)(F)F)cc4C(F)(F)F)cc3c2)C1. The number of nitrogens with one attached hydrogen (secondary N) is 1. The molecule has 2 aromatic carbocycles. The molecule has 2 aliphatic rings. The fourth-order valence-corrected chi connectivity index (χ4v) is 5.78. The second kappa shape index (κ2) is 11.7. The molecule has 1 N–H and O–H groups in total. The number of hydrogen-bond acceptors (Lipinski definition) is 6. The molecule has 1 aromatic heterocycles. The van der Waals surface area contributed by atoms with Crippen molar-refractivity contribution in [3.63, 3.8) is 0 Å². The quantitative estimate of drug-likeness (QED) is 0.366. The van der Waals surface area contributed by atoms with Gasteiger partial charge in [0.05, 0.1) is 34.6 Å². The third-order valence-electron chi connectivity index (χ3n) is 6.88. The number of carbonyl (C=O) groups excluding carboxylic acids is 2. The first-order valence-electron chi connectivity index (χ1n) is 13.1. The minimum absolute atomic E-state index is 0.0816. The second-order valence-electron chi connectivity index (χ2n) is 10.6. The van der Waals surface area contributed by atoms with E-state index in [1.54, 1.807) is 43.3 Å². The first-order valence-corrected chi connectivity index (χ1v) is 13.9. The number of halogens is 6. The second-order valence-corrected chi connectivity index (χ2v) is 11.6. The van der Waals surface area contributed by atoms with E-state index in [1.807, 2.05) is 4.90 Å². The Kier molecular flexibility index (Phi) is 8.31. The third kappa shape index (κ3) is 7.21. The van der Waals surface area contributed by atoms with Crippen molar-refractivity contribution in [2.75, 3.05) is 33.7 Å². The van der Waals surface area contributed by atoms with Crippen LogP contribution in [-0.2, 0) is 23.7 Å². The summed E-state index contributed by atoms with van der Waals surface area (Å²) in [6.45, 7) is 0.982. The Hall–Kier alpha value is -3.85. The smallest absolute Gasteiger partial charge is 0.353 e. The summed E-state index contributed by atoms with van der Waals surface area (Å²) in [7, 11) is 3.61. The van der Waals surface area contributed by atoms with Gasteiger partial charge in [0.15, 0.2) is 0 Å². The lowest BCUT2D eigenvalue weighted by Gasteiger charge is -2.19. The fourth-order valence-electron chi connectivity index (χ4n) is 5.00. The molecule has 2 amide bonds. The Morgan fingerprint density at radius 3 is 2.58 bits per heavy atom. The Morgan fingerprint density at radius 2 is 1.88 bits per heavy atom. The van der Waals surface area contributed by atoms with Crippen LogP contribution in [0.3, 0.4) is 0 Å². The molecular formula is C28H26F6N6O2S. The van der Waals surface area contributed by atoms with Crippen molar-refractivity contribution in [2.45, 2.75) is 31.4 Å². The number of aliphatic imine (C=N–C) groups is 1. The van der Waals surface area contributed by atoms with Crippen LogP contribution in [0.1, 0.15) is 28.7 Å². The van der Waals surface area contributed by atoms with Gasteiger partial charge in [-0.2, -0.15) is 36.4 Å². The van der Waals surface area contributed by atoms with Gasteiger partial charge < -0.3 is 15.1 Å². The summed E-state index contributed by atoms with van der Waals surface area (Å²) in [5.74, 6) is 0.422. The highest BCUT2D eigenvalue weighted by molar-refractivity contribution is 8.18. The number of benzene rings is 2. The molecule has 1 saturated heterocycles. The number of amides is 2. The van der Waals surface area contributed by atoms with Crippen LogP contribution in [0.4, 0.5) is 31.1 Å². The molecule has 5 rings (SSSR count). The van der Waals surface area contributed by atoms with E-state index in [0.717, 1.165) is 17.8 Å². The molecule has 1 fully saturated rings. The van der Waals surface area contributed by atoms with Gasteiger partial charge in [0.1, 0.15) is 5.84 Å². The number of hydrogen-bond donors (Lipinski definition) is 1. The summed E-state index contributed by atoms with van der Waals surface area (Å²) in [5, 5.41) is 7.50. The Morgan fingerprint density at radius 1 is 1.12 bits per heavy atom. The Bertz CT molecular complexity index is 1630. The fraction of sp³-hybridized carbons (Fsp3) is 0.357. The van der Waals surface area contributed by atoms with E-state index in [9.17, 15) is 35.9 Å². The standard InChI is InChI=1S/C28H26F6N6O2S/c1-38(2)15-24(41)35-20-7-8-39(14-20)25-23(43-26(42)36-25)10-16-3-6-22-18(9-16)13-40(37-22)12-17-4-5-19(27(29,30)31)11-21(17)28(32,33)34/h3-6,9-11,13,20H,7-8,12,14-15H2,1-2H3,(H,35,41)/b23-10-/t20-/m1/s1. The molecule has 0 saturated carbocycles. The van der Waals surface area contributed by atoms with Gasteiger partial charge >= 0.3 is 17.6 Å². The monoisotopic (exact) mass is 624 g/mol. The van der Waals surface area contributed by atoms with Crippen molar-refractivity contribution >= 4 is 45.7 Å². The van der Waals surface area contributed by atoms with Gasteiger partial charge in [0, 0.05) is 30.7 Å². The maximum Gasteiger partial charge on any atom is 0.416 e. The van der Waals surface area contributed by atoms with Gasteiger partial charge in [0.25, 0.3) is 0 Å². The predicted molar refractivity (Wildman–Crippen MR) is 150 cm³/mol. The number of nitrogens with zero attached hydrogens (tertiary/aromatic N) is 5. The lowest BCUT2D eigenvalue weighted by Crippen LogP contribution is -2.42. The Balaban J connectivity index is 1.34. The van der Waals surface area contributed by atoms with Gasteiger partial charge in [-0.3, -0.25) is 14.3 Å². The topological polar surface area (TPSA) is 82.8 Å². The first-order chi connectivity index (χ1) is 20.2. The van der Waals surface area contributed by atoms with Crippen LogP contribution in [0, 0.1) is 0 Å².